The molecule has 162 valence electrons. The molecule has 6 nitrogen and oxygen atoms in total. The third-order valence-corrected chi connectivity index (χ3v) is 7.96. The minimum absolute atomic E-state index is 0.0703. The van der Waals surface area contributed by atoms with Gasteiger partial charge in [-0.15, -0.1) is 11.3 Å². The number of carbonyl (C=O) groups is 2. The maximum absolute atomic E-state index is 13.6. The van der Waals surface area contributed by atoms with Crippen LogP contribution in [-0.4, -0.2) is 51.5 Å². The van der Waals surface area contributed by atoms with Crippen LogP contribution in [0.25, 0.3) is 0 Å². The van der Waals surface area contributed by atoms with Gasteiger partial charge in [0, 0.05) is 49.9 Å². The highest BCUT2D eigenvalue weighted by atomic mass is 32.1. The number of hydrogen-bond acceptors (Lipinski definition) is 4. The van der Waals surface area contributed by atoms with E-state index in [1.54, 1.807) is 0 Å². The summed E-state index contributed by atoms with van der Waals surface area (Å²) in [6.07, 6.45) is 7.48. The molecule has 0 radical (unpaired) electrons. The molecule has 0 bridgehead atoms. The van der Waals surface area contributed by atoms with Gasteiger partial charge in [-0.2, -0.15) is 5.10 Å². The molecule has 1 saturated heterocycles. The lowest BCUT2D eigenvalue weighted by Crippen LogP contribution is -2.43. The predicted octanol–water partition coefficient (Wildman–Crippen LogP) is 3.95. The number of thiophene rings is 1. The summed E-state index contributed by atoms with van der Waals surface area (Å²) in [5.74, 6) is 0.128. The van der Waals surface area contributed by atoms with Crippen molar-refractivity contribution < 1.29 is 9.59 Å². The van der Waals surface area contributed by atoms with Crippen LogP contribution in [0.15, 0.2) is 23.7 Å². The fourth-order valence-corrected chi connectivity index (χ4v) is 6.03. The quantitative estimate of drug-likeness (QED) is 0.724. The second-order valence-electron chi connectivity index (χ2n) is 8.90. The summed E-state index contributed by atoms with van der Waals surface area (Å²) in [6.45, 7) is 6.77. The summed E-state index contributed by atoms with van der Waals surface area (Å²) in [4.78, 5) is 31.2. The molecule has 1 aliphatic carbocycles. The Kier molecular flexibility index (Phi) is 6.00. The van der Waals surface area contributed by atoms with Crippen LogP contribution < -0.4 is 0 Å². The van der Waals surface area contributed by atoms with Gasteiger partial charge in [-0.25, -0.2) is 0 Å². The Labute approximate surface area is 182 Å². The van der Waals surface area contributed by atoms with E-state index in [2.05, 4.69) is 18.9 Å². The first kappa shape index (κ1) is 21.1. The van der Waals surface area contributed by atoms with E-state index in [1.807, 2.05) is 45.2 Å². The van der Waals surface area contributed by atoms with Crippen LogP contribution in [0.4, 0.5) is 0 Å². The zero-order valence-electron chi connectivity index (χ0n) is 18.3. The number of hydrogen-bond donors (Lipinski definition) is 0. The normalized spacial score (nSPS) is 20.6. The van der Waals surface area contributed by atoms with Gasteiger partial charge in [-0.05, 0) is 38.1 Å². The number of nitrogens with zero attached hydrogens (tertiary/aromatic N) is 4. The molecule has 1 unspecified atom stereocenters. The van der Waals surface area contributed by atoms with Gasteiger partial charge in [0.25, 0.3) is 5.91 Å². The molecule has 1 atom stereocenters. The van der Waals surface area contributed by atoms with E-state index in [-0.39, 0.29) is 23.1 Å². The fraction of sp³-hybridized carbons (Fsp3) is 0.609. The third kappa shape index (κ3) is 3.80. The Morgan fingerprint density at radius 2 is 2.07 bits per heavy atom. The first-order chi connectivity index (χ1) is 14.4. The Hall–Kier alpha value is -2.15. The van der Waals surface area contributed by atoms with E-state index in [1.165, 1.54) is 17.8 Å². The molecular formula is C23H32N4O2S. The minimum Gasteiger partial charge on any atom is -0.341 e. The first-order valence-corrected chi connectivity index (χ1v) is 11.9. The molecule has 30 heavy (non-hydrogen) atoms. The maximum atomic E-state index is 13.6. The number of amides is 2. The van der Waals surface area contributed by atoms with Crippen molar-refractivity contribution in [2.45, 2.75) is 59.0 Å². The van der Waals surface area contributed by atoms with Gasteiger partial charge in [0.2, 0.25) is 5.91 Å². The molecule has 2 aromatic rings. The van der Waals surface area contributed by atoms with Gasteiger partial charge < -0.3 is 9.80 Å². The minimum atomic E-state index is -0.117. The summed E-state index contributed by atoms with van der Waals surface area (Å²) in [7, 11) is 1.89. The summed E-state index contributed by atoms with van der Waals surface area (Å²) in [6, 6.07) is 3.80. The summed E-state index contributed by atoms with van der Waals surface area (Å²) < 4.78 is 1.97. The highest BCUT2D eigenvalue weighted by Gasteiger charge is 2.52. The van der Waals surface area contributed by atoms with Crippen LogP contribution in [0.1, 0.15) is 60.0 Å². The van der Waals surface area contributed by atoms with Gasteiger partial charge >= 0.3 is 0 Å². The van der Waals surface area contributed by atoms with Crippen molar-refractivity contribution in [3.8, 4) is 0 Å². The van der Waals surface area contributed by atoms with Crippen molar-refractivity contribution in [1.29, 1.82) is 0 Å². The van der Waals surface area contributed by atoms with Crippen molar-refractivity contribution in [2.75, 3.05) is 20.1 Å². The highest BCUT2D eigenvalue weighted by Crippen LogP contribution is 2.48. The standard InChI is InChI=1S/C23H32N4O2S/c1-4-27-17(2)18(13-24-27)14-25(3)21(28)19-15-26(22(29)20-9-8-12-30-20)16-23(19)10-6-5-7-11-23/h8-9,12-13,19H,4-7,10-11,14-16H2,1-3H3. The van der Waals surface area contributed by atoms with Crippen LogP contribution in [0, 0.1) is 18.3 Å². The Bertz CT molecular complexity index is 898. The maximum Gasteiger partial charge on any atom is 0.263 e. The van der Waals surface area contributed by atoms with Crippen molar-refractivity contribution in [3.05, 3.63) is 39.8 Å². The molecule has 0 aromatic carbocycles. The van der Waals surface area contributed by atoms with E-state index in [9.17, 15) is 9.59 Å². The van der Waals surface area contributed by atoms with Gasteiger partial charge in [0.15, 0.2) is 0 Å². The molecule has 2 aliphatic rings. The third-order valence-electron chi connectivity index (χ3n) is 7.10. The zero-order chi connectivity index (χ0) is 21.3. The van der Waals surface area contributed by atoms with E-state index >= 15 is 0 Å². The monoisotopic (exact) mass is 428 g/mol. The lowest BCUT2D eigenvalue weighted by atomic mass is 9.67. The van der Waals surface area contributed by atoms with Gasteiger partial charge in [-0.3, -0.25) is 14.3 Å². The number of aromatic nitrogens is 2. The molecular weight excluding hydrogens is 396 g/mol. The van der Waals surface area contributed by atoms with E-state index in [4.69, 9.17) is 0 Å². The van der Waals surface area contributed by atoms with E-state index in [0.29, 0.717) is 19.6 Å². The lowest BCUT2D eigenvalue weighted by molar-refractivity contribution is -0.138. The Morgan fingerprint density at radius 1 is 1.30 bits per heavy atom. The molecule has 1 aliphatic heterocycles. The second-order valence-corrected chi connectivity index (χ2v) is 9.85. The van der Waals surface area contributed by atoms with Crippen molar-refractivity contribution in [1.82, 2.24) is 19.6 Å². The first-order valence-electron chi connectivity index (χ1n) is 11.0. The molecule has 2 aromatic heterocycles. The molecule has 2 amide bonds. The molecule has 0 N–H and O–H groups in total. The van der Waals surface area contributed by atoms with Crippen LogP contribution in [0.5, 0.6) is 0 Å². The highest BCUT2D eigenvalue weighted by molar-refractivity contribution is 7.12. The average Bonchev–Trinajstić information content (AvgIpc) is 3.48. The van der Waals surface area contributed by atoms with Crippen molar-refractivity contribution in [2.24, 2.45) is 11.3 Å². The van der Waals surface area contributed by atoms with E-state index in [0.717, 1.165) is 48.4 Å². The lowest BCUT2D eigenvalue weighted by Gasteiger charge is -2.38. The summed E-state index contributed by atoms with van der Waals surface area (Å²) >= 11 is 1.48. The topological polar surface area (TPSA) is 58.4 Å². The molecule has 7 heteroatoms. The average molecular weight is 429 g/mol. The molecule has 1 saturated carbocycles. The SMILES string of the molecule is CCn1ncc(CN(C)C(=O)C2CN(C(=O)c3cccs3)CC23CCCCC3)c1C. The molecule has 1 spiro atoms. The summed E-state index contributed by atoms with van der Waals surface area (Å²) in [5.41, 5.74) is 2.14. The number of likely N-dealkylation sites (tertiary alicyclic amines) is 1. The van der Waals surface area contributed by atoms with Crippen LogP contribution in [-0.2, 0) is 17.9 Å². The van der Waals surface area contributed by atoms with Crippen molar-refractivity contribution in [3.63, 3.8) is 0 Å². The zero-order valence-corrected chi connectivity index (χ0v) is 19.1. The number of rotatable bonds is 5. The van der Waals surface area contributed by atoms with Crippen LogP contribution in [0.3, 0.4) is 0 Å². The van der Waals surface area contributed by atoms with Crippen LogP contribution in [0.2, 0.25) is 0 Å². The number of carbonyl (C=O) groups excluding carboxylic acids is 2. The fourth-order valence-electron chi connectivity index (χ4n) is 5.34. The Morgan fingerprint density at radius 3 is 2.70 bits per heavy atom. The largest absolute Gasteiger partial charge is 0.341 e. The number of aryl methyl sites for hydroxylation is 1. The summed E-state index contributed by atoms with van der Waals surface area (Å²) in [5, 5.41) is 6.36. The van der Waals surface area contributed by atoms with Gasteiger partial charge in [0.05, 0.1) is 17.0 Å². The second kappa shape index (κ2) is 8.53. The predicted molar refractivity (Wildman–Crippen MR) is 118 cm³/mol. The van der Waals surface area contributed by atoms with Gasteiger partial charge in [-0.1, -0.05) is 25.3 Å². The van der Waals surface area contributed by atoms with E-state index < -0.39 is 0 Å². The molecule has 2 fully saturated rings. The molecule has 3 heterocycles. The Balaban J connectivity index is 1.54. The van der Waals surface area contributed by atoms with Gasteiger partial charge in [0.1, 0.15) is 0 Å². The van der Waals surface area contributed by atoms with Crippen LogP contribution >= 0.6 is 11.3 Å². The van der Waals surface area contributed by atoms with Crippen molar-refractivity contribution >= 4 is 23.2 Å². The molecule has 4 rings (SSSR count). The smallest absolute Gasteiger partial charge is 0.263 e.